The molecule has 2 saturated heterocycles. The molecule has 1 spiro atoms. The molecule has 0 bridgehead atoms. The number of hydrogen-bond donors (Lipinski definition) is 1. The van der Waals surface area contributed by atoms with E-state index in [-0.39, 0.29) is 0 Å². The summed E-state index contributed by atoms with van der Waals surface area (Å²) in [5.74, 6) is 0.868. The van der Waals surface area contributed by atoms with Crippen LogP contribution in [0.3, 0.4) is 0 Å². The van der Waals surface area contributed by atoms with Gasteiger partial charge in [0.15, 0.2) is 0 Å². The highest BCUT2D eigenvalue weighted by molar-refractivity contribution is 5.71. The number of benzene rings is 1. The Labute approximate surface area is 108 Å². The maximum Gasteiger partial charge on any atom is 0.121 e. The average molecular weight is 248 g/mol. The molecule has 0 unspecified atom stereocenters. The van der Waals surface area contributed by atoms with Gasteiger partial charge < -0.3 is 20.1 Å². The van der Waals surface area contributed by atoms with Gasteiger partial charge in [0.2, 0.25) is 0 Å². The van der Waals surface area contributed by atoms with Crippen LogP contribution in [-0.2, 0) is 4.74 Å². The maximum absolute atomic E-state index is 6.05. The van der Waals surface area contributed by atoms with E-state index in [0.29, 0.717) is 5.41 Å². The van der Waals surface area contributed by atoms with Gasteiger partial charge in [-0.3, -0.25) is 0 Å². The summed E-state index contributed by atoms with van der Waals surface area (Å²) in [6.45, 7) is 3.99. The minimum Gasteiger partial charge on any atom is -0.497 e. The Morgan fingerprint density at radius 2 is 2.00 bits per heavy atom. The average Bonchev–Trinajstić information content (AvgIpc) is 2.38. The molecule has 1 aromatic carbocycles. The second kappa shape index (κ2) is 4.35. The van der Waals surface area contributed by atoms with Crippen molar-refractivity contribution in [3.8, 4) is 5.75 Å². The molecule has 0 aromatic heterocycles. The van der Waals surface area contributed by atoms with Crippen molar-refractivity contribution in [2.75, 3.05) is 44.0 Å². The van der Waals surface area contributed by atoms with Crippen LogP contribution in [0.2, 0.25) is 0 Å². The highest BCUT2D eigenvalue weighted by Crippen LogP contribution is 2.44. The largest absolute Gasteiger partial charge is 0.497 e. The quantitative estimate of drug-likeness (QED) is 0.812. The minimum atomic E-state index is 0.466. The van der Waals surface area contributed by atoms with Crippen LogP contribution in [0.15, 0.2) is 18.2 Å². The molecule has 2 aliphatic rings. The van der Waals surface area contributed by atoms with Crippen LogP contribution < -0.4 is 15.4 Å². The number of nitrogen functional groups attached to an aromatic ring is 1. The second-order valence-corrected chi connectivity index (χ2v) is 5.39. The fourth-order valence-corrected chi connectivity index (χ4v) is 2.98. The number of hydrogen-bond acceptors (Lipinski definition) is 4. The standard InChI is InChI=1S/C14H20N2O2/c1-17-11-2-3-12(15)13(8-11)16-9-14(10-16)4-6-18-7-5-14/h2-3,8H,4-7,9-10,15H2,1H3. The molecule has 18 heavy (non-hydrogen) atoms. The third-order valence-electron chi connectivity index (χ3n) is 4.18. The van der Waals surface area contributed by atoms with Gasteiger partial charge in [-0.2, -0.15) is 0 Å². The normalized spacial score (nSPS) is 21.7. The first-order valence-corrected chi connectivity index (χ1v) is 6.49. The third-order valence-corrected chi connectivity index (χ3v) is 4.18. The Morgan fingerprint density at radius 3 is 2.67 bits per heavy atom. The van der Waals surface area contributed by atoms with Crippen LogP contribution in [0.4, 0.5) is 11.4 Å². The first kappa shape index (κ1) is 11.7. The van der Waals surface area contributed by atoms with Gasteiger partial charge in [0.1, 0.15) is 5.75 Å². The summed E-state index contributed by atoms with van der Waals surface area (Å²) in [6, 6.07) is 5.85. The van der Waals surface area contributed by atoms with Gasteiger partial charge in [0.25, 0.3) is 0 Å². The number of nitrogens with zero attached hydrogens (tertiary/aromatic N) is 1. The monoisotopic (exact) mass is 248 g/mol. The Kier molecular flexibility index (Phi) is 2.82. The predicted molar refractivity (Wildman–Crippen MR) is 72.1 cm³/mol. The van der Waals surface area contributed by atoms with E-state index in [1.54, 1.807) is 7.11 Å². The number of ether oxygens (including phenoxy) is 2. The molecular weight excluding hydrogens is 228 g/mol. The van der Waals surface area contributed by atoms with E-state index >= 15 is 0 Å². The summed E-state index contributed by atoms with van der Waals surface area (Å²) in [5, 5.41) is 0. The van der Waals surface area contributed by atoms with E-state index < -0.39 is 0 Å². The lowest BCUT2D eigenvalue weighted by Gasteiger charge is -2.53. The number of rotatable bonds is 2. The van der Waals surface area contributed by atoms with E-state index in [0.717, 1.165) is 43.4 Å². The third kappa shape index (κ3) is 1.90. The SMILES string of the molecule is COc1ccc(N)c(N2CC3(CCOCC3)C2)c1. The summed E-state index contributed by atoms with van der Waals surface area (Å²) in [4.78, 5) is 2.35. The fraction of sp³-hybridized carbons (Fsp3) is 0.571. The summed E-state index contributed by atoms with van der Waals surface area (Å²) in [7, 11) is 1.69. The smallest absolute Gasteiger partial charge is 0.121 e. The van der Waals surface area contributed by atoms with Crippen molar-refractivity contribution < 1.29 is 9.47 Å². The molecule has 2 heterocycles. The van der Waals surface area contributed by atoms with E-state index in [9.17, 15) is 0 Å². The molecule has 0 amide bonds. The zero-order chi connectivity index (χ0) is 12.6. The molecule has 2 N–H and O–H groups in total. The molecule has 1 aromatic rings. The van der Waals surface area contributed by atoms with Crippen LogP contribution in [0, 0.1) is 5.41 Å². The van der Waals surface area contributed by atoms with Gasteiger partial charge in [0.05, 0.1) is 18.5 Å². The summed E-state index contributed by atoms with van der Waals surface area (Å²) >= 11 is 0. The van der Waals surface area contributed by atoms with Crippen molar-refractivity contribution in [2.24, 2.45) is 5.41 Å². The lowest BCUT2D eigenvalue weighted by atomic mass is 9.73. The van der Waals surface area contributed by atoms with Gasteiger partial charge in [-0.15, -0.1) is 0 Å². The Bertz CT molecular complexity index is 433. The molecule has 0 saturated carbocycles. The Hall–Kier alpha value is -1.42. The van der Waals surface area contributed by atoms with Gasteiger partial charge in [-0.1, -0.05) is 0 Å². The molecule has 2 fully saturated rings. The van der Waals surface area contributed by atoms with Crippen molar-refractivity contribution >= 4 is 11.4 Å². The molecule has 4 nitrogen and oxygen atoms in total. The maximum atomic E-state index is 6.05. The van der Waals surface area contributed by atoms with Crippen LogP contribution in [0.1, 0.15) is 12.8 Å². The van der Waals surface area contributed by atoms with Gasteiger partial charge in [-0.25, -0.2) is 0 Å². The van der Waals surface area contributed by atoms with E-state index in [1.807, 2.05) is 18.2 Å². The topological polar surface area (TPSA) is 47.7 Å². The second-order valence-electron chi connectivity index (χ2n) is 5.39. The number of methoxy groups -OCH3 is 1. The van der Waals surface area contributed by atoms with Gasteiger partial charge in [0, 0.05) is 37.8 Å². The first-order chi connectivity index (χ1) is 8.72. The highest BCUT2D eigenvalue weighted by atomic mass is 16.5. The van der Waals surface area contributed by atoms with E-state index in [1.165, 1.54) is 12.8 Å². The van der Waals surface area contributed by atoms with Crippen molar-refractivity contribution in [2.45, 2.75) is 12.8 Å². The first-order valence-electron chi connectivity index (χ1n) is 6.49. The zero-order valence-electron chi connectivity index (χ0n) is 10.8. The summed E-state index contributed by atoms with van der Waals surface area (Å²) in [6.07, 6.45) is 2.35. The van der Waals surface area contributed by atoms with Crippen LogP contribution in [0.5, 0.6) is 5.75 Å². The van der Waals surface area contributed by atoms with E-state index in [2.05, 4.69) is 4.90 Å². The molecule has 0 radical (unpaired) electrons. The van der Waals surface area contributed by atoms with Gasteiger partial charge in [-0.05, 0) is 25.0 Å². The summed E-state index contributed by atoms with van der Waals surface area (Å²) < 4.78 is 10.7. The number of nitrogens with two attached hydrogens (primary N) is 1. The Morgan fingerprint density at radius 1 is 1.28 bits per heavy atom. The molecule has 3 rings (SSSR count). The molecule has 0 atom stereocenters. The lowest BCUT2D eigenvalue weighted by molar-refractivity contribution is -0.000154. The fourth-order valence-electron chi connectivity index (χ4n) is 2.98. The minimum absolute atomic E-state index is 0.466. The molecule has 4 heteroatoms. The van der Waals surface area contributed by atoms with Crippen molar-refractivity contribution in [3.63, 3.8) is 0 Å². The summed E-state index contributed by atoms with van der Waals surface area (Å²) in [5.41, 5.74) is 8.45. The van der Waals surface area contributed by atoms with Gasteiger partial charge >= 0.3 is 0 Å². The van der Waals surface area contributed by atoms with Crippen LogP contribution in [-0.4, -0.2) is 33.4 Å². The zero-order valence-corrected chi connectivity index (χ0v) is 10.8. The molecule has 0 aliphatic carbocycles. The van der Waals surface area contributed by atoms with Crippen molar-refractivity contribution in [1.82, 2.24) is 0 Å². The molecule has 2 aliphatic heterocycles. The van der Waals surface area contributed by atoms with Crippen LogP contribution >= 0.6 is 0 Å². The predicted octanol–water partition coefficient (Wildman–Crippen LogP) is 1.89. The highest BCUT2D eigenvalue weighted by Gasteiger charge is 2.44. The Balaban J connectivity index is 1.74. The molecule has 98 valence electrons. The van der Waals surface area contributed by atoms with Crippen molar-refractivity contribution in [1.29, 1.82) is 0 Å². The molecular formula is C14H20N2O2. The number of anilines is 2. The van der Waals surface area contributed by atoms with E-state index in [4.69, 9.17) is 15.2 Å². The van der Waals surface area contributed by atoms with Crippen LogP contribution in [0.25, 0.3) is 0 Å². The van der Waals surface area contributed by atoms with Crippen molar-refractivity contribution in [3.05, 3.63) is 18.2 Å². The lowest BCUT2D eigenvalue weighted by Crippen LogP contribution is -2.58.